The van der Waals surface area contributed by atoms with E-state index in [0.29, 0.717) is 28.9 Å². The zero-order valence-corrected chi connectivity index (χ0v) is 16.7. The van der Waals surface area contributed by atoms with E-state index in [-0.39, 0.29) is 11.2 Å². The molecule has 0 saturated carbocycles. The molecule has 0 spiro atoms. The Labute approximate surface area is 174 Å². The van der Waals surface area contributed by atoms with Gasteiger partial charge in [0.05, 0.1) is 11.6 Å². The van der Waals surface area contributed by atoms with Gasteiger partial charge in [-0.2, -0.15) is 0 Å². The topological polar surface area (TPSA) is 50.5 Å². The van der Waals surface area contributed by atoms with Crippen LogP contribution in [0.3, 0.4) is 0 Å². The minimum Gasteiger partial charge on any atom is -0.464 e. The van der Waals surface area contributed by atoms with Gasteiger partial charge in [-0.1, -0.05) is 42.5 Å². The molecular weight excluding hydrogens is 374 g/mol. The molecule has 1 fully saturated rings. The number of fused-ring (bicyclic) bond motifs is 2. The van der Waals surface area contributed by atoms with Gasteiger partial charge in [-0.3, -0.25) is 9.59 Å². The Morgan fingerprint density at radius 2 is 1.87 bits per heavy atom. The molecule has 4 heteroatoms. The number of ketones is 1. The molecule has 150 valence electrons. The fourth-order valence-electron chi connectivity index (χ4n) is 4.44. The van der Waals surface area contributed by atoms with Gasteiger partial charge in [0.25, 0.3) is 0 Å². The molecule has 3 aromatic carbocycles. The van der Waals surface area contributed by atoms with E-state index in [4.69, 9.17) is 4.42 Å². The van der Waals surface area contributed by atoms with Crippen LogP contribution in [0.15, 0.2) is 82.2 Å². The lowest BCUT2D eigenvalue weighted by Gasteiger charge is -2.16. The number of Topliss-reactive ketones (excluding diaryl/α,β-unsaturated/α-hetero) is 1. The largest absolute Gasteiger partial charge is 0.464 e. The van der Waals surface area contributed by atoms with Crippen molar-refractivity contribution in [2.45, 2.75) is 18.8 Å². The second kappa shape index (κ2) is 7.88. The average molecular weight is 397 g/mol. The van der Waals surface area contributed by atoms with Crippen LogP contribution in [0.25, 0.3) is 21.7 Å². The summed E-state index contributed by atoms with van der Waals surface area (Å²) in [6.45, 7) is 2.84. The van der Waals surface area contributed by atoms with Crippen LogP contribution in [0, 0.1) is 0 Å². The predicted octanol–water partition coefficient (Wildman–Crippen LogP) is 5.01. The van der Waals surface area contributed by atoms with Crippen molar-refractivity contribution in [3.63, 3.8) is 0 Å². The molecule has 0 aliphatic carbocycles. The van der Waals surface area contributed by atoms with Crippen LogP contribution in [0.5, 0.6) is 0 Å². The SMILES string of the molecule is O=C(CCN1CCC(c2ccccc2)C1)c1ccc2cc3c(=O)ccoc3cc2c1. The zero-order valence-electron chi connectivity index (χ0n) is 16.7. The second-order valence-corrected chi connectivity index (χ2v) is 8.07. The number of hydrogen-bond donors (Lipinski definition) is 0. The summed E-state index contributed by atoms with van der Waals surface area (Å²) in [5.41, 5.74) is 2.58. The Morgan fingerprint density at radius 3 is 2.73 bits per heavy atom. The minimum atomic E-state index is -0.0577. The fourth-order valence-corrected chi connectivity index (χ4v) is 4.44. The first-order chi connectivity index (χ1) is 14.7. The van der Waals surface area contributed by atoms with Crippen LogP contribution in [0.2, 0.25) is 0 Å². The lowest BCUT2D eigenvalue weighted by atomic mass is 9.99. The number of likely N-dealkylation sites (tertiary alicyclic amines) is 1. The van der Waals surface area contributed by atoms with Crippen molar-refractivity contribution in [3.8, 4) is 0 Å². The molecule has 0 radical (unpaired) electrons. The van der Waals surface area contributed by atoms with Gasteiger partial charge in [0.15, 0.2) is 11.2 Å². The molecule has 1 saturated heterocycles. The highest BCUT2D eigenvalue weighted by Crippen LogP contribution is 2.27. The summed E-state index contributed by atoms with van der Waals surface area (Å²) in [7, 11) is 0. The Kier molecular flexibility index (Phi) is 4.93. The monoisotopic (exact) mass is 397 g/mol. The standard InChI is InChI=1S/C26H23NO3/c28-24(9-12-27-11-8-21(17-27)18-4-2-1-3-5-18)20-7-6-19-15-23-25(29)10-13-30-26(23)16-22(19)14-20/h1-7,10,13-16,21H,8-9,11-12,17H2. The normalized spacial score (nSPS) is 17.0. The van der Waals surface area contributed by atoms with Crippen molar-refractivity contribution in [3.05, 3.63) is 94.3 Å². The quantitative estimate of drug-likeness (QED) is 0.351. The van der Waals surface area contributed by atoms with Gasteiger partial charge < -0.3 is 9.32 Å². The van der Waals surface area contributed by atoms with Crippen LogP contribution in [-0.4, -0.2) is 30.3 Å². The van der Waals surface area contributed by atoms with Crippen LogP contribution >= 0.6 is 0 Å². The van der Waals surface area contributed by atoms with Crippen LogP contribution in [0.1, 0.15) is 34.7 Å². The molecule has 30 heavy (non-hydrogen) atoms. The number of carbonyl (C=O) groups excluding carboxylic acids is 1. The van der Waals surface area contributed by atoms with Crippen molar-refractivity contribution in [1.82, 2.24) is 4.90 Å². The molecule has 1 aliphatic heterocycles. The highest BCUT2D eigenvalue weighted by molar-refractivity contribution is 6.02. The third-order valence-electron chi connectivity index (χ3n) is 6.14. The van der Waals surface area contributed by atoms with Gasteiger partial charge >= 0.3 is 0 Å². The van der Waals surface area contributed by atoms with Gasteiger partial charge in [0.2, 0.25) is 0 Å². The maximum atomic E-state index is 12.8. The first kappa shape index (κ1) is 18.8. The third-order valence-corrected chi connectivity index (χ3v) is 6.14. The average Bonchev–Trinajstić information content (AvgIpc) is 3.26. The number of nitrogens with zero attached hydrogens (tertiary/aromatic N) is 1. The molecule has 4 aromatic rings. The summed E-state index contributed by atoms with van der Waals surface area (Å²) in [5.74, 6) is 0.708. The van der Waals surface area contributed by atoms with E-state index in [2.05, 4.69) is 35.2 Å². The van der Waals surface area contributed by atoms with E-state index >= 15 is 0 Å². The third kappa shape index (κ3) is 3.66. The minimum absolute atomic E-state index is 0.0577. The van der Waals surface area contributed by atoms with Gasteiger partial charge in [-0.15, -0.1) is 0 Å². The molecular formula is C26H23NO3. The van der Waals surface area contributed by atoms with Crippen molar-refractivity contribution >= 4 is 27.5 Å². The first-order valence-electron chi connectivity index (χ1n) is 10.4. The number of benzene rings is 3. The molecule has 1 unspecified atom stereocenters. The molecule has 0 bridgehead atoms. The molecule has 2 heterocycles. The molecule has 1 atom stereocenters. The van der Waals surface area contributed by atoms with Crippen LogP contribution < -0.4 is 5.43 Å². The fraction of sp³-hybridized carbons (Fsp3) is 0.231. The predicted molar refractivity (Wildman–Crippen MR) is 119 cm³/mol. The highest BCUT2D eigenvalue weighted by Gasteiger charge is 2.24. The van der Waals surface area contributed by atoms with E-state index in [1.165, 1.54) is 17.9 Å². The molecule has 5 rings (SSSR count). The summed E-state index contributed by atoms with van der Waals surface area (Å²) in [6.07, 6.45) is 3.06. The summed E-state index contributed by atoms with van der Waals surface area (Å²) in [6, 6.07) is 21.4. The number of hydrogen-bond acceptors (Lipinski definition) is 4. The van der Waals surface area contributed by atoms with E-state index < -0.39 is 0 Å². The van der Waals surface area contributed by atoms with E-state index in [1.54, 1.807) is 0 Å². The van der Waals surface area contributed by atoms with Crippen LogP contribution in [-0.2, 0) is 0 Å². The van der Waals surface area contributed by atoms with Crippen LogP contribution in [0.4, 0.5) is 0 Å². The van der Waals surface area contributed by atoms with Gasteiger partial charge in [-0.05, 0) is 53.4 Å². The van der Waals surface area contributed by atoms with Crippen molar-refractivity contribution in [2.75, 3.05) is 19.6 Å². The first-order valence-corrected chi connectivity index (χ1v) is 10.4. The maximum Gasteiger partial charge on any atom is 0.192 e. The zero-order chi connectivity index (χ0) is 20.5. The summed E-state index contributed by atoms with van der Waals surface area (Å²) < 4.78 is 5.47. The Bertz CT molecular complexity index is 1280. The van der Waals surface area contributed by atoms with Gasteiger partial charge in [0.1, 0.15) is 5.58 Å². The number of carbonyl (C=O) groups is 1. The molecule has 0 amide bonds. The molecule has 1 aliphatic rings. The Hall–Kier alpha value is -3.24. The van der Waals surface area contributed by atoms with E-state index in [0.717, 1.165) is 36.8 Å². The van der Waals surface area contributed by atoms with Crippen molar-refractivity contribution in [2.24, 2.45) is 0 Å². The maximum absolute atomic E-state index is 12.8. The van der Waals surface area contributed by atoms with E-state index in [9.17, 15) is 9.59 Å². The summed E-state index contributed by atoms with van der Waals surface area (Å²) in [4.78, 5) is 27.2. The van der Waals surface area contributed by atoms with Gasteiger partial charge in [-0.25, -0.2) is 0 Å². The van der Waals surface area contributed by atoms with Crippen molar-refractivity contribution in [1.29, 1.82) is 0 Å². The lowest BCUT2D eigenvalue weighted by Crippen LogP contribution is -2.23. The smallest absolute Gasteiger partial charge is 0.192 e. The Balaban J connectivity index is 1.28. The summed E-state index contributed by atoms with van der Waals surface area (Å²) >= 11 is 0. The highest BCUT2D eigenvalue weighted by atomic mass is 16.3. The lowest BCUT2D eigenvalue weighted by molar-refractivity contribution is 0.0969. The van der Waals surface area contributed by atoms with E-state index in [1.807, 2.05) is 30.3 Å². The molecule has 1 aromatic heterocycles. The van der Waals surface area contributed by atoms with Crippen molar-refractivity contribution < 1.29 is 9.21 Å². The van der Waals surface area contributed by atoms with Gasteiger partial charge in [0, 0.05) is 31.1 Å². The second-order valence-electron chi connectivity index (χ2n) is 8.07. The molecule has 0 N–H and O–H groups in total. The number of rotatable bonds is 5. The molecule has 4 nitrogen and oxygen atoms in total. The summed E-state index contributed by atoms with van der Waals surface area (Å²) in [5, 5.41) is 2.40. The Morgan fingerprint density at radius 1 is 1.00 bits per heavy atom.